The third kappa shape index (κ3) is 3.99. The van der Waals surface area contributed by atoms with E-state index in [9.17, 15) is 0 Å². The summed E-state index contributed by atoms with van der Waals surface area (Å²) in [4.78, 5) is 0. The Bertz CT molecular complexity index is 628. The summed E-state index contributed by atoms with van der Waals surface area (Å²) in [5, 5.41) is 14.5. The van der Waals surface area contributed by atoms with Crippen LogP contribution in [0.1, 0.15) is 17.2 Å². The van der Waals surface area contributed by atoms with Crippen LogP contribution in [0.5, 0.6) is 0 Å². The van der Waals surface area contributed by atoms with Crippen molar-refractivity contribution in [1.82, 2.24) is 5.43 Å². The molecule has 0 amide bonds. The molecule has 0 fully saturated rings. The largest absolute Gasteiger partial charge is 0.288 e. The van der Waals surface area contributed by atoms with Crippen molar-refractivity contribution >= 4 is 29.4 Å². The maximum Gasteiger partial charge on any atom is 0.155 e. The monoisotopic (exact) mass is 303 g/mol. The highest BCUT2D eigenvalue weighted by Gasteiger charge is 2.07. The van der Waals surface area contributed by atoms with Gasteiger partial charge in [0.25, 0.3) is 0 Å². The Balaban J connectivity index is 2.02. The van der Waals surface area contributed by atoms with Gasteiger partial charge >= 0.3 is 0 Å². The fourth-order valence-corrected chi connectivity index (χ4v) is 1.82. The van der Waals surface area contributed by atoms with Crippen LogP contribution in [0.15, 0.2) is 53.6 Å². The molecule has 100 valence electrons. The standard InChI is InChI=1S/C15H11Cl2N3/c16-13-5-1-11(2-6-13)10-19-20-15(9-18)12-3-7-14(17)8-4-12/h1-8,10,15,20H/b19-10+. The van der Waals surface area contributed by atoms with Crippen molar-refractivity contribution in [2.24, 2.45) is 5.10 Å². The molecule has 2 aromatic rings. The van der Waals surface area contributed by atoms with Crippen molar-refractivity contribution in [3.63, 3.8) is 0 Å². The first-order valence-electron chi connectivity index (χ1n) is 5.88. The van der Waals surface area contributed by atoms with E-state index in [1.165, 1.54) is 0 Å². The number of hydrazone groups is 1. The van der Waals surface area contributed by atoms with E-state index in [-0.39, 0.29) is 0 Å². The van der Waals surface area contributed by atoms with Gasteiger partial charge in [-0.2, -0.15) is 10.4 Å². The highest BCUT2D eigenvalue weighted by atomic mass is 35.5. The Kier molecular flexibility index (Phi) is 5.00. The van der Waals surface area contributed by atoms with Crippen LogP contribution in [0, 0.1) is 11.3 Å². The Labute approximate surface area is 127 Å². The zero-order valence-corrected chi connectivity index (χ0v) is 11.9. The molecule has 20 heavy (non-hydrogen) atoms. The minimum absolute atomic E-state index is 0.518. The summed E-state index contributed by atoms with van der Waals surface area (Å²) in [7, 11) is 0. The Morgan fingerprint density at radius 3 is 2.10 bits per heavy atom. The summed E-state index contributed by atoms with van der Waals surface area (Å²) >= 11 is 11.6. The molecule has 0 aliphatic carbocycles. The third-order valence-electron chi connectivity index (χ3n) is 2.62. The number of benzene rings is 2. The number of nitrogens with one attached hydrogen (secondary N) is 1. The van der Waals surface area contributed by atoms with Crippen molar-refractivity contribution in [3.05, 3.63) is 69.7 Å². The van der Waals surface area contributed by atoms with E-state index in [2.05, 4.69) is 16.6 Å². The van der Waals surface area contributed by atoms with Gasteiger partial charge in [-0.1, -0.05) is 47.5 Å². The zero-order valence-electron chi connectivity index (χ0n) is 10.4. The molecule has 0 aliphatic heterocycles. The average molecular weight is 304 g/mol. The van der Waals surface area contributed by atoms with Crippen LogP contribution in [0.3, 0.4) is 0 Å². The number of nitrogens with zero attached hydrogens (tertiary/aromatic N) is 2. The van der Waals surface area contributed by atoms with Gasteiger partial charge in [-0.05, 0) is 35.4 Å². The molecule has 0 saturated carbocycles. The van der Waals surface area contributed by atoms with Gasteiger partial charge in [0.1, 0.15) is 0 Å². The van der Waals surface area contributed by atoms with E-state index in [1.807, 2.05) is 12.1 Å². The summed E-state index contributed by atoms with van der Waals surface area (Å²) < 4.78 is 0. The number of hydrogen-bond donors (Lipinski definition) is 1. The van der Waals surface area contributed by atoms with Crippen LogP contribution in [0.4, 0.5) is 0 Å². The molecule has 0 heterocycles. The van der Waals surface area contributed by atoms with E-state index in [0.717, 1.165) is 11.1 Å². The summed E-state index contributed by atoms with van der Waals surface area (Å²) in [6, 6.07) is 15.9. The minimum Gasteiger partial charge on any atom is -0.288 e. The zero-order chi connectivity index (χ0) is 14.4. The normalized spacial score (nSPS) is 12.1. The van der Waals surface area contributed by atoms with Crippen LogP contribution < -0.4 is 5.43 Å². The number of rotatable bonds is 4. The summed E-state index contributed by atoms with van der Waals surface area (Å²) in [6.45, 7) is 0. The first-order chi connectivity index (χ1) is 9.69. The molecular formula is C15H11Cl2N3. The molecule has 0 radical (unpaired) electrons. The maximum absolute atomic E-state index is 9.15. The van der Waals surface area contributed by atoms with Gasteiger partial charge in [0.2, 0.25) is 0 Å². The van der Waals surface area contributed by atoms with Crippen LogP contribution in [-0.4, -0.2) is 6.21 Å². The second kappa shape index (κ2) is 6.95. The van der Waals surface area contributed by atoms with Gasteiger partial charge in [0, 0.05) is 10.0 Å². The van der Waals surface area contributed by atoms with Crippen LogP contribution in [-0.2, 0) is 0 Å². The molecule has 0 saturated heterocycles. The molecule has 1 N–H and O–H groups in total. The van der Waals surface area contributed by atoms with Gasteiger partial charge in [-0.3, -0.25) is 5.43 Å². The number of halogens is 2. The average Bonchev–Trinajstić information content (AvgIpc) is 2.47. The van der Waals surface area contributed by atoms with Crippen LogP contribution in [0.25, 0.3) is 0 Å². The highest BCUT2D eigenvalue weighted by molar-refractivity contribution is 6.30. The maximum atomic E-state index is 9.15. The van der Waals surface area contributed by atoms with Crippen molar-refractivity contribution < 1.29 is 0 Å². The second-order valence-electron chi connectivity index (χ2n) is 4.05. The smallest absolute Gasteiger partial charge is 0.155 e. The van der Waals surface area contributed by atoms with Crippen molar-refractivity contribution in [3.8, 4) is 6.07 Å². The SMILES string of the molecule is N#CC(N/N=C/c1ccc(Cl)cc1)c1ccc(Cl)cc1. The predicted molar refractivity (Wildman–Crippen MR) is 82.0 cm³/mol. The molecule has 0 aromatic heterocycles. The van der Waals surface area contributed by atoms with Gasteiger partial charge in [-0.25, -0.2) is 0 Å². The molecular weight excluding hydrogens is 293 g/mol. The Morgan fingerprint density at radius 2 is 1.55 bits per heavy atom. The van der Waals surface area contributed by atoms with E-state index in [1.54, 1.807) is 42.6 Å². The van der Waals surface area contributed by atoms with Gasteiger partial charge < -0.3 is 0 Å². The third-order valence-corrected chi connectivity index (χ3v) is 3.12. The van der Waals surface area contributed by atoms with Gasteiger partial charge in [0.15, 0.2) is 6.04 Å². The van der Waals surface area contributed by atoms with Crippen molar-refractivity contribution in [2.75, 3.05) is 0 Å². The lowest BCUT2D eigenvalue weighted by atomic mass is 10.1. The molecule has 3 nitrogen and oxygen atoms in total. The Hall–Kier alpha value is -2.02. The quantitative estimate of drug-likeness (QED) is 0.680. The predicted octanol–water partition coefficient (Wildman–Crippen LogP) is 4.18. The first kappa shape index (κ1) is 14.4. The summed E-state index contributed by atoms with van der Waals surface area (Å²) in [6.07, 6.45) is 1.64. The van der Waals surface area contributed by atoms with Crippen molar-refractivity contribution in [2.45, 2.75) is 6.04 Å². The van der Waals surface area contributed by atoms with E-state index in [0.29, 0.717) is 10.0 Å². The van der Waals surface area contributed by atoms with Gasteiger partial charge in [-0.15, -0.1) is 0 Å². The molecule has 2 aromatic carbocycles. The lowest BCUT2D eigenvalue weighted by Gasteiger charge is -2.08. The first-order valence-corrected chi connectivity index (χ1v) is 6.64. The minimum atomic E-state index is -0.518. The molecule has 0 bridgehead atoms. The number of hydrogen-bond acceptors (Lipinski definition) is 3. The lowest BCUT2D eigenvalue weighted by molar-refractivity contribution is 0.672. The topological polar surface area (TPSA) is 48.2 Å². The molecule has 0 aliphatic rings. The van der Waals surface area contributed by atoms with Gasteiger partial charge in [0.05, 0.1) is 12.3 Å². The second-order valence-corrected chi connectivity index (χ2v) is 4.93. The fourth-order valence-electron chi connectivity index (χ4n) is 1.57. The molecule has 1 atom stereocenters. The molecule has 0 spiro atoms. The van der Waals surface area contributed by atoms with E-state index in [4.69, 9.17) is 28.5 Å². The molecule has 2 rings (SSSR count). The lowest BCUT2D eigenvalue weighted by Crippen LogP contribution is -2.13. The van der Waals surface area contributed by atoms with Crippen molar-refractivity contribution in [1.29, 1.82) is 5.26 Å². The number of nitriles is 1. The Morgan fingerprint density at radius 1 is 1.00 bits per heavy atom. The summed E-state index contributed by atoms with van der Waals surface area (Å²) in [5.41, 5.74) is 4.51. The highest BCUT2D eigenvalue weighted by Crippen LogP contribution is 2.16. The van der Waals surface area contributed by atoms with Crippen LogP contribution in [0.2, 0.25) is 10.0 Å². The van der Waals surface area contributed by atoms with E-state index >= 15 is 0 Å². The molecule has 1 unspecified atom stereocenters. The molecule has 5 heteroatoms. The fraction of sp³-hybridized carbons (Fsp3) is 0.0667. The summed E-state index contributed by atoms with van der Waals surface area (Å²) in [5.74, 6) is 0. The van der Waals surface area contributed by atoms with E-state index < -0.39 is 6.04 Å². The van der Waals surface area contributed by atoms with Crippen LogP contribution >= 0.6 is 23.2 Å².